The van der Waals surface area contributed by atoms with E-state index in [0.29, 0.717) is 10.9 Å². The Morgan fingerprint density at radius 2 is 2.38 bits per heavy atom. The molecule has 2 rings (SSSR count). The van der Waals surface area contributed by atoms with Crippen LogP contribution in [0.2, 0.25) is 0 Å². The van der Waals surface area contributed by atoms with Crippen molar-refractivity contribution in [3.63, 3.8) is 0 Å². The van der Waals surface area contributed by atoms with E-state index in [4.69, 9.17) is 5.11 Å². The Morgan fingerprint density at radius 1 is 1.62 bits per heavy atom. The predicted octanol–water partition coefficient (Wildman–Crippen LogP) is 0.666. The molecule has 0 unspecified atom stereocenters. The normalized spacial score (nSPS) is 10.5. The first-order valence-corrected chi connectivity index (χ1v) is 3.70. The van der Waals surface area contributed by atoms with E-state index in [1.807, 2.05) is 0 Å². The molecule has 66 valence electrons. The molecule has 13 heavy (non-hydrogen) atoms. The fraction of sp³-hybridized carbons (Fsp3) is 0.125. The summed E-state index contributed by atoms with van der Waals surface area (Å²) in [6, 6.07) is 1.68. The van der Waals surface area contributed by atoms with Crippen LogP contribution in [-0.4, -0.2) is 25.8 Å². The number of carboxylic acids is 1. The lowest BCUT2D eigenvalue weighted by Gasteiger charge is -1.92. The van der Waals surface area contributed by atoms with Crippen LogP contribution in [0, 0.1) is 0 Å². The lowest BCUT2D eigenvalue weighted by molar-refractivity contribution is 0.0693. The molecule has 0 radical (unpaired) electrons. The van der Waals surface area contributed by atoms with Crippen molar-refractivity contribution in [2.24, 2.45) is 7.05 Å². The third-order valence-corrected chi connectivity index (χ3v) is 1.75. The average molecular weight is 177 g/mol. The van der Waals surface area contributed by atoms with E-state index in [9.17, 15) is 4.79 Å². The second-order valence-electron chi connectivity index (χ2n) is 2.70. The monoisotopic (exact) mass is 177 g/mol. The number of carbonyl (C=O) groups is 1. The van der Waals surface area contributed by atoms with Gasteiger partial charge in [0.1, 0.15) is 0 Å². The molecule has 0 aliphatic carbocycles. The maximum Gasteiger partial charge on any atom is 0.355 e. The Balaban J connectivity index is 2.82. The van der Waals surface area contributed by atoms with Gasteiger partial charge in [-0.25, -0.2) is 9.78 Å². The molecule has 5 heteroatoms. The van der Waals surface area contributed by atoms with Crippen LogP contribution in [0.25, 0.3) is 10.9 Å². The van der Waals surface area contributed by atoms with Crippen LogP contribution in [0.1, 0.15) is 10.5 Å². The van der Waals surface area contributed by atoms with E-state index in [1.54, 1.807) is 24.0 Å². The van der Waals surface area contributed by atoms with E-state index in [2.05, 4.69) is 10.1 Å². The molecule has 0 fully saturated rings. The van der Waals surface area contributed by atoms with Crippen molar-refractivity contribution >= 4 is 16.9 Å². The highest BCUT2D eigenvalue weighted by molar-refractivity contribution is 6.00. The van der Waals surface area contributed by atoms with Gasteiger partial charge in [0.2, 0.25) is 0 Å². The van der Waals surface area contributed by atoms with Gasteiger partial charge in [-0.3, -0.25) is 4.68 Å². The minimum atomic E-state index is -1.03. The fourth-order valence-corrected chi connectivity index (χ4v) is 1.23. The molecule has 0 aliphatic heterocycles. The molecule has 0 atom stereocenters. The van der Waals surface area contributed by atoms with Gasteiger partial charge >= 0.3 is 5.97 Å². The van der Waals surface area contributed by atoms with Crippen molar-refractivity contribution in [1.82, 2.24) is 14.8 Å². The standard InChI is InChI=1S/C8H7N3O2/c1-11-4-5-6(10-11)2-3-9-7(5)8(12)13/h2-4H,1H3,(H,12,13). The number of rotatable bonds is 1. The molecule has 0 saturated heterocycles. The minimum absolute atomic E-state index is 0.0469. The quantitative estimate of drug-likeness (QED) is 0.695. The number of nitrogens with zero attached hydrogens (tertiary/aromatic N) is 3. The van der Waals surface area contributed by atoms with Gasteiger partial charge in [0, 0.05) is 19.4 Å². The molecule has 5 nitrogen and oxygen atoms in total. The number of aromatic nitrogens is 3. The number of aryl methyl sites for hydroxylation is 1. The van der Waals surface area contributed by atoms with Gasteiger partial charge in [0.05, 0.1) is 10.9 Å². The van der Waals surface area contributed by atoms with Gasteiger partial charge < -0.3 is 5.11 Å². The van der Waals surface area contributed by atoms with E-state index in [1.165, 1.54) is 6.20 Å². The Labute approximate surface area is 73.6 Å². The third-order valence-electron chi connectivity index (χ3n) is 1.75. The average Bonchev–Trinajstić information content (AvgIpc) is 2.43. The second-order valence-corrected chi connectivity index (χ2v) is 2.70. The third kappa shape index (κ3) is 1.14. The van der Waals surface area contributed by atoms with Crippen LogP contribution < -0.4 is 0 Å². The zero-order valence-electron chi connectivity index (χ0n) is 6.93. The zero-order chi connectivity index (χ0) is 9.42. The van der Waals surface area contributed by atoms with E-state index < -0.39 is 5.97 Å². The summed E-state index contributed by atoms with van der Waals surface area (Å²) in [4.78, 5) is 14.5. The van der Waals surface area contributed by atoms with E-state index >= 15 is 0 Å². The van der Waals surface area contributed by atoms with Crippen LogP contribution in [0.3, 0.4) is 0 Å². The maximum atomic E-state index is 10.7. The Kier molecular flexibility index (Phi) is 1.51. The van der Waals surface area contributed by atoms with Crippen LogP contribution >= 0.6 is 0 Å². The van der Waals surface area contributed by atoms with Crippen molar-refractivity contribution in [3.8, 4) is 0 Å². The smallest absolute Gasteiger partial charge is 0.355 e. The molecule has 1 N–H and O–H groups in total. The largest absolute Gasteiger partial charge is 0.476 e. The minimum Gasteiger partial charge on any atom is -0.476 e. The summed E-state index contributed by atoms with van der Waals surface area (Å²) in [7, 11) is 1.74. The van der Waals surface area contributed by atoms with Crippen LogP contribution in [0.15, 0.2) is 18.5 Å². The molecule has 2 aromatic heterocycles. The van der Waals surface area contributed by atoms with Gasteiger partial charge in [0.15, 0.2) is 5.69 Å². The zero-order valence-corrected chi connectivity index (χ0v) is 6.93. The first-order valence-electron chi connectivity index (χ1n) is 3.70. The lowest BCUT2D eigenvalue weighted by Crippen LogP contribution is -1.99. The van der Waals surface area contributed by atoms with Crippen molar-refractivity contribution in [2.45, 2.75) is 0 Å². The molecule has 0 saturated carbocycles. The van der Waals surface area contributed by atoms with Gasteiger partial charge in [-0.2, -0.15) is 5.10 Å². The van der Waals surface area contributed by atoms with E-state index in [-0.39, 0.29) is 5.69 Å². The summed E-state index contributed by atoms with van der Waals surface area (Å²) in [5, 5.41) is 13.4. The summed E-state index contributed by atoms with van der Waals surface area (Å²) < 4.78 is 1.57. The number of pyridine rings is 1. The van der Waals surface area contributed by atoms with Crippen LogP contribution in [0.5, 0.6) is 0 Å². The Hall–Kier alpha value is -1.91. The molecule has 2 aromatic rings. The van der Waals surface area contributed by atoms with Gasteiger partial charge in [0.25, 0.3) is 0 Å². The molecule has 0 aliphatic rings. The van der Waals surface area contributed by atoms with Crippen molar-refractivity contribution in [1.29, 1.82) is 0 Å². The topological polar surface area (TPSA) is 68.0 Å². The fourth-order valence-electron chi connectivity index (χ4n) is 1.23. The van der Waals surface area contributed by atoms with Crippen LogP contribution in [-0.2, 0) is 7.05 Å². The number of carboxylic acid groups (broad SMARTS) is 1. The first kappa shape index (κ1) is 7.72. The molecule has 0 amide bonds. The first-order chi connectivity index (χ1) is 6.18. The summed E-state index contributed by atoms with van der Waals surface area (Å²) in [5.74, 6) is -1.03. The van der Waals surface area contributed by atoms with Crippen LogP contribution in [0.4, 0.5) is 0 Å². The van der Waals surface area contributed by atoms with Gasteiger partial charge in [-0.1, -0.05) is 0 Å². The number of hydrogen-bond donors (Lipinski definition) is 1. The molecular weight excluding hydrogens is 170 g/mol. The number of aromatic carboxylic acids is 1. The van der Waals surface area contributed by atoms with E-state index in [0.717, 1.165) is 0 Å². The summed E-state index contributed by atoms with van der Waals surface area (Å²) >= 11 is 0. The SMILES string of the molecule is Cn1cc2c(C(=O)O)nccc2n1. The highest BCUT2D eigenvalue weighted by Crippen LogP contribution is 2.14. The highest BCUT2D eigenvalue weighted by atomic mass is 16.4. The number of hydrogen-bond acceptors (Lipinski definition) is 3. The Bertz CT molecular complexity index is 475. The van der Waals surface area contributed by atoms with Crippen molar-refractivity contribution < 1.29 is 9.90 Å². The lowest BCUT2D eigenvalue weighted by atomic mass is 10.2. The summed E-state index contributed by atoms with van der Waals surface area (Å²) in [6.45, 7) is 0. The molecule has 2 heterocycles. The molecule has 0 bridgehead atoms. The number of fused-ring (bicyclic) bond motifs is 1. The second kappa shape index (κ2) is 2.55. The maximum absolute atomic E-state index is 10.7. The highest BCUT2D eigenvalue weighted by Gasteiger charge is 2.11. The van der Waals surface area contributed by atoms with Gasteiger partial charge in [-0.05, 0) is 6.07 Å². The molecule has 0 aromatic carbocycles. The molecule has 0 spiro atoms. The summed E-state index contributed by atoms with van der Waals surface area (Å²) in [6.07, 6.45) is 3.09. The molecular formula is C8H7N3O2. The predicted molar refractivity (Wildman–Crippen MR) is 45.5 cm³/mol. The van der Waals surface area contributed by atoms with Gasteiger partial charge in [-0.15, -0.1) is 0 Å². The van der Waals surface area contributed by atoms with Crippen molar-refractivity contribution in [2.75, 3.05) is 0 Å². The summed E-state index contributed by atoms with van der Waals surface area (Å²) in [5.41, 5.74) is 0.695. The van der Waals surface area contributed by atoms with Crippen molar-refractivity contribution in [3.05, 3.63) is 24.2 Å². The Morgan fingerprint density at radius 3 is 3.08 bits per heavy atom.